The zero-order valence-electron chi connectivity index (χ0n) is 11.4. The second kappa shape index (κ2) is 5.49. The Kier molecular flexibility index (Phi) is 4.55. The molecule has 20 heavy (non-hydrogen) atoms. The highest BCUT2D eigenvalue weighted by Crippen LogP contribution is 2.35. The van der Waals surface area contributed by atoms with E-state index in [1.54, 1.807) is 20.8 Å². The van der Waals surface area contributed by atoms with Crippen molar-refractivity contribution in [1.29, 1.82) is 0 Å². The summed E-state index contributed by atoms with van der Waals surface area (Å²) < 4.78 is 40.2. The molecule has 0 aromatic heterocycles. The van der Waals surface area contributed by atoms with Crippen molar-refractivity contribution in [1.82, 2.24) is 0 Å². The number of halogens is 3. The maximum atomic E-state index is 12.2. The van der Waals surface area contributed by atoms with E-state index in [0.29, 0.717) is 0 Å². The lowest BCUT2D eigenvalue weighted by Gasteiger charge is -2.31. The molecule has 0 saturated heterocycles. The van der Waals surface area contributed by atoms with Gasteiger partial charge in [0.1, 0.15) is 11.5 Å². The van der Waals surface area contributed by atoms with Gasteiger partial charge in [0.15, 0.2) is 0 Å². The van der Waals surface area contributed by atoms with Crippen LogP contribution in [0.3, 0.4) is 0 Å². The fraction of sp³-hybridized carbons (Fsp3) is 0.538. The van der Waals surface area contributed by atoms with E-state index in [9.17, 15) is 23.4 Å². The van der Waals surface area contributed by atoms with Crippen LogP contribution in [-0.2, 0) is 0 Å². The first kappa shape index (κ1) is 16.6. The normalized spacial score (nSPS) is 15.8. The molecule has 0 bridgehead atoms. The maximum absolute atomic E-state index is 12.2. The van der Waals surface area contributed by atoms with Gasteiger partial charge in [-0.05, 0) is 23.6 Å². The van der Waals surface area contributed by atoms with Crippen molar-refractivity contribution in [3.8, 4) is 11.5 Å². The third kappa shape index (κ3) is 4.28. The summed E-state index contributed by atoms with van der Waals surface area (Å²) in [6, 6.07) is 1.96. The number of phenols is 1. The van der Waals surface area contributed by atoms with Crippen molar-refractivity contribution in [2.75, 3.05) is 0 Å². The Balaban J connectivity index is 3.08. The van der Waals surface area contributed by atoms with Gasteiger partial charge >= 0.3 is 6.36 Å². The van der Waals surface area contributed by atoms with Crippen LogP contribution >= 0.6 is 0 Å². The number of benzene rings is 1. The van der Waals surface area contributed by atoms with Crippen LogP contribution < -0.4 is 10.5 Å². The van der Waals surface area contributed by atoms with E-state index in [2.05, 4.69) is 4.74 Å². The first-order chi connectivity index (χ1) is 8.92. The number of nitrogens with two attached hydrogens (primary N) is 1. The molecule has 0 aliphatic rings. The fourth-order valence-electron chi connectivity index (χ4n) is 1.71. The highest BCUT2D eigenvalue weighted by atomic mass is 19.4. The summed E-state index contributed by atoms with van der Waals surface area (Å²) in [4.78, 5) is 0. The summed E-state index contributed by atoms with van der Waals surface area (Å²) in [5, 5.41) is 19.7. The van der Waals surface area contributed by atoms with Crippen LogP contribution in [0.25, 0.3) is 0 Å². The number of aliphatic hydroxyl groups excluding tert-OH is 1. The monoisotopic (exact) mass is 293 g/mol. The molecule has 4 N–H and O–H groups in total. The summed E-state index contributed by atoms with van der Waals surface area (Å²) in [5.41, 5.74) is 5.22. The first-order valence-electron chi connectivity index (χ1n) is 5.94. The molecule has 0 saturated carbocycles. The standard InChI is InChI=1S/C13H18F3NO3/c1-12(2,3)11(19)10(17)8-6-7(4-5-9(8)18)20-13(14,15)16/h4-6,10-11,18-19H,17H2,1-3H3/t10-,11-/m1/s1. The van der Waals surface area contributed by atoms with Gasteiger partial charge in [-0.25, -0.2) is 0 Å². The summed E-state index contributed by atoms with van der Waals surface area (Å²) in [6.45, 7) is 5.18. The van der Waals surface area contributed by atoms with E-state index in [1.165, 1.54) is 0 Å². The first-order valence-corrected chi connectivity index (χ1v) is 5.94. The molecule has 0 fully saturated rings. The Morgan fingerprint density at radius 2 is 1.75 bits per heavy atom. The number of aromatic hydroxyl groups is 1. The van der Waals surface area contributed by atoms with E-state index in [4.69, 9.17) is 5.73 Å². The van der Waals surface area contributed by atoms with Gasteiger partial charge in [0.05, 0.1) is 12.1 Å². The van der Waals surface area contributed by atoms with Crippen LogP contribution in [0.15, 0.2) is 18.2 Å². The van der Waals surface area contributed by atoms with E-state index in [-0.39, 0.29) is 11.3 Å². The number of rotatable bonds is 3. The number of phenolic OH excluding ortho intramolecular Hbond substituents is 1. The molecule has 0 spiro atoms. The number of hydrogen-bond donors (Lipinski definition) is 3. The average molecular weight is 293 g/mol. The van der Waals surface area contributed by atoms with Crippen LogP contribution in [0, 0.1) is 5.41 Å². The van der Waals surface area contributed by atoms with Crippen molar-refractivity contribution >= 4 is 0 Å². The summed E-state index contributed by atoms with van der Waals surface area (Å²) in [7, 11) is 0. The molecule has 1 aromatic rings. The molecule has 0 unspecified atom stereocenters. The number of alkyl halides is 3. The molecule has 7 heteroatoms. The van der Waals surface area contributed by atoms with E-state index < -0.39 is 29.7 Å². The van der Waals surface area contributed by atoms with Gasteiger partial charge < -0.3 is 20.7 Å². The van der Waals surface area contributed by atoms with Crippen LogP contribution in [0.1, 0.15) is 32.4 Å². The van der Waals surface area contributed by atoms with Gasteiger partial charge in [-0.2, -0.15) is 0 Å². The minimum Gasteiger partial charge on any atom is -0.508 e. The molecule has 114 valence electrons. The number of ether oxygens (including phenoxy) is 1. The molecule has 0 radical (unpaired) electrons. The second-order valence-electron chi connectivity index (χ2n) is 5.61. The lowest BCUT2D eigenvalue weighted by atomic mass is 9.82. The SMILES string of the molecule is CC(C)(C)[C@H](O)[C@H](N)c1cc(OC(F)(F)F)ccc1O. The largest absolute Gasteiger partial charge is 0.573 e. The second-order valence-corrected chi connectivity index (χ2v) is 5.61. The van der Waals surface area contributed by atoms with E-state index >= 15 is 0 Å². The summed E-state index contributed by atoms with van der Waals surface area (Å²) in [6.07, 6.45) is -5.88. The Hall–Kier alpha value is -1.47. The quantitative estimate of drug-likeness (QED) is 0.801. The molecular weight excluding hydrogens is 275 g/mol. The third-order valence-electron chi connectivity index (χ3n) is 2.82. The van der Waals surface area contributed by atoms with Crippen molar-refractivity contribution in [2.45, 2.75) is 39.3 Å². The smallest absolute Gasteiger partial charge is 0.508 e. The molecule has 0 amide bonds. The topological polar surface area (TPSA) is 75.7 Å². The molecular formula is C13H18F3NO3. The predicted molar refractivity (Wildman–Crippen MR) is 67.2 cm³/mol. The highest BCUT2D eigenvalue weighted by Gasteiger charge is 2.33. The van der Waals surface area contributed by atoms with Gasteiger partial charge in [0, 0.05) is 5.56 Å². The van der Waals surface area contributed by atoms with Crippen LogP contribution in [-0.4, -0.2) is 22.7 Å². The Morgan fingerprint density at radius 3 is 2.20 bits per heavy atom. The van der Waals surface area contributed by atoms with Crippen LogP contribution in [0.5, 0.6) is 11.5 Å². The lowest BCUT2D eigenvalue weighted by Crippen LogP contribution is -2.37. The molecule has 1 aromatic carbocycles. The molecule has 2 atom stereocenters. The molecule has 0 aliphatic carbocycles. The third-order valence-corrected chi connectivity index (χ3v) is 2.82. The summed E-state index contributed by atoms with van der Waals surface area (Å²) >= 11 is 0. The zero-order chi connectivity index (χ0) is 15.7. The van der Waals surface area contributed by atoms with Crippen LogP contribution in [0.2, 0.25) is 0 Å². The van der Waals surface area contributed by atoms with Gasteiger partial charge in [-0.3, -0.25) is 0 Å². The van der Waals surface area contributed by atoms with Gasteiger partial charge in [0.2, 0.25) is 0 Å². The summed E-state index contributed by atoms with van der Waals surface area (Å²) in [5.74, 6) is -0.794. The molecule has 4 nitrogen and oxygen atoms in total. The maximum Gasteiger partial charge on any atom is 0.573 e. The fourth-order valence-corrected chi connectivity index (χ4v) is 1.71. The zero-order valence-corrected chi connectivity index (χ0v) is 11.4. The average Bonchev–Trinajstić information content (AvgIpc) is 2.26. The van der Waals surface area contributed by atoms with Crippen molar-refractivity contribution < 1.29 is 28.1 Å². The van der Waals surface area contributed by atoms with Crippen molar-refractivity contribution in [3.05, 3.63) is 23.8 Å². The molecule has 1 rings (SSSR count). The van der Waals surface area contributed by atoms with Crippen LogP contribution in [0.4, 0.5) is 13.2 Å². The van der Waals surface area contributed by atoms with Crippen molar-refractivity contribution in [3.63, 3.8) is 0 Å². The van der Waals surface area contributed by atoms with E-state index in [0.717, 1.165) is 18.2 Å². The predicted octanol–water partition coefficient (Wildman–Crippen LogP) is 2.70. The Bertz CT molecular complexity index is 469. The highest BCUT2D eigenvalue weighted by molar-refractivity contribution is 5.41. The minimum absolute atomic E-state index is 0.00539. The van der Waals surface area contributed by atoms with Gasteiger partial charge in [0.25, 0.3) is 0 Å². The number of aliphatic hydroxyl groups is 1. The minimum atomic E-state index is -4.83. The lowest BCUT2D eigenvalue weighted by molar-refractivity contribution is -0.274. The Morgan fingerprint density at radius 1 is 1.20 bits per heavy atom. The van der Waals surface area contributed by atoms with Crippen molar-refractivity contribution in [2.24, 2.45) is 11.1 Å². The molecule has 0 aliphatic heterocycles. The van der Waals surface area contributed by atoms with E-state index in [1.807, 2.05) is 0 Å². The van der Waals surface area contributed by atoms with Gasteiger partial charge in [-0.15, -0.1) is 13.2 Å². The molecule has 0 heterocycles. The van der Waals surface area contributed by atoms with Gasteiger partial charge in [-0.1, -0.05) is 20.8 Å². The Labute approximate surface area is 115 Å². The number of hydrogen-bond acceptors (Lipinski definition) is 4.